The first kappa shape index (κ1) is 10.1. The first-order valence-electron chi connectivity index (χ1n) is 3.76. The number of hydrogen-bond donors (Lipinski definition) is 1. The maximum Gasteiger partial charge on any atom is 0.312 e. The molecule has 0 spiro atoms. The smallest absolute Gasteiger partial charge is 0.273 e. The molecule has 0 aliphatic rings. The third-order valence-corrected chi connectivity index (χ3v) is 1.75. The number of nitrogens with one attached hydrogen (secondary N) is 1. The largest absolute Gasteiger partial charge is 0.312 e. The summed E-state index contributed by atoms with van der Waals surface area (Å²) >= 11 is 0. The Morgan fingerprint density at radius 2 is 2.36 bits per heavy atom. The van der Waals surface area contributed by atoms with Gasteiger partial charge in [0.2, 0.25) is 6.08 Å². The van der Waals surface area contributed by atoms with Gasteiger partial charge in [0, 0.05) is 0 Å². The van der Waals surface area contributed by atoms with Crippen LogP contribution in [0, 0.1) is 10.1 Å². The Labute approximate surface area is 79.0 Å². The van der Waals surface area contributed by atoms with Gasteiger partial charge in [-0.05, 0) is 13.8 Å². The maximum atomic E-state index is 10.5. The second kappa shape index (κ2) is 3.39. The van der Waals surface area contributed by atoms with Crippen LogP contribution in [-0.4, -0.2) is 21.2 Å². The van der Waals surface area contributed by atoms with Crippen LogP contribution in [0.3, 0.4) is 0 Å². The number of carbonyl (C=O) groups excluding carboxylic acids is 1. The molecule has 0 atom stereocenters. The number of aromatic amines is 1. The second-order valence-corrected chi connectivity index (χ2v) is 3.15. The lowest BCUT2D eigenvalue weighted by Crippen LogP contribution is -2.15. The molecule has 0 saturated carbocycles. The molecule has 0 fully saturated rings. The van der Waals surface area contributed by atoms with Crippen LogP contribution in [0.15, 0.2) is 11.2 Å². The molecule has 0 aromatic carbocycles. The molecular formula is C7H8N4O3. The van der Waals surface area contributed by atoms with Gasteiger partial charge in [-0.3, -0.25) is 15.2 Å². The molecule has 0 aliphatic heterocycles. The first-order chi connectivity index (χ1) is 6.49. The third-order valence-electron chi connectivity index (χ3n) is 1.75. The molecule has 7 heteroatoms. The van der Waals surface area contributed by atoms with Gasteiger partial charge in [0.15, 0.2) is 0 Å². The van der Waals surface area contributed by atoms with Crippen molar-refractivity contribution in [1.82, 2.24) is 10.2 Å². The van der Waals surface area contributed by atoms with E-state index in [1.54, 1.807) is 13.8 Å². The molecule has 0 radical (unpaired) electrons. The van der Waals surface area contributed by atoms with Crippen molar-refractivity contribution in [1.29, 1.82) is 0 Å². The van der Waals surface area contributed by atoms with Crippen molar-refractivity contribution in [2.45, 2.75) is 19.4 Å². The molecule has 0 aliphatic carbocycles. The van der Waals surface area contributed by atoms with Crippen molar-refractivity contribution in [2.75, 3.05) is 0 Å². The van der Waals surface area contributed by atoms with Gasteiger partial charge >= 0.3 is 5.69 Å². The standard InChI is InChI=1S/C7H8N4O3/c1-7(2,8-4-12)6-5(11(13)14)3-9-10-6/h3H,1-2H3,(H,9,10). The zero-order valence-electron chi connectivity index (χ0n) is 7.64. The molecule has 7 nitrogen and oxygen atoms in total. The zero-order chi connectivity index (χ0) is 10.8. The second-order valence-electron chi connectivity index (χ2n) is 3.15. The van der Waals surface area contributed by atoms with Crippen LogP contribution in [0.5, 0.6) is 0 Å². The van der Waals surface area contributed by atoms with E-state index in [1.807, 2.05) is 0 Å². The Morgan fingerprint density at radius 3 is 2.86 bits per heavy atom. The summed E-state index contributed by atoms with van der Waals surface area (Å²) in [6.45, 7) is 3.11. The molecule has 14 heavy (non-hydrogen) atoms. The fraction of sp³-hybridized carbons (Fsp3) is 0.429. The minimum atomic E-state index is -1.01. The van der Waals surface area contributed by atoms with Crippen LogP contribution < -0.4 is 0 Å². The predicted octanol–water partition coefficient (Wildman–Crippen LogP) is 0.889. The molecular weight excluding hydrogens is 188 g/mol. The summed E-state index contributed by atoms with van der Waals surface area (Å²) in [6, 6.07) is 0. The first-order valence-corrected chi connectivity index (χ1v) is 3.76. The van der Waals surface area contributed by atoms with Crippen molar-refractivity contribution >= 4 is 11.8 Å². The Balaban J connectivity index is 3.24. The Hall–Kier alpha value is -2.01. The molecule has 1 heterocycles. The lowest BCUT2D eigenvalue weighted by molar-refractivity contribution is -0.386. The van der Waals surface area contributed by atoms with Crippen LogP contribution in [0.2, 0.25) is 0 Å². The molecule has 1 aromatic heterocycles. The minimum Gasteiger partial charge on any atom is -0.273 e. The summed E-state index contributed by atoms with van der Waals surface area (Å²) < 4.78 is 0. The average molecular weight is 196 g/mol. The molecule has 74 valence electrons. The van der Waals surface area contributed by atoms with Gasteiger partial charge in [-0.15, -0.1) is 0 Å². The van der Waals surface area contributed by atoms with Crippen LogP contribution in [-0.2, 0) is 10.3 Å². The maximum absolute atomic E-state index is 10.5. The van der Waals surface area contributed by atoms with E-state index in [1.165, 1.54) is 6.08 Å². The van der Waals surface area contributed by atoms with Gasteiger partial charge < -0.3 is 0 Å². The number of nitrogens with zero attached hydrogens (tertiary/aromatic N) is 3. The van der Waals surface area contributed by atoms with Gasteiger partial charge in [-0.25, -0.2) is 4.79 Å². The number of hydrogen-bond acceptors (Lipinski definition) is 5. The van der Waals surface area contributed by atoms with Crippen molar-refractivity contribution in [3.05, 3.63) is 22.0 Å². The molecule has 0 amide bonds. The molecule has 0 unspecified atom stereocenters. The average Bonchev–Trinajstić information content (AvgIpc) is 2.51. The monoisotopic (exact) mass is 196 g/mol. The van der Waals surface area contributed by atoms with E-state index in [9.17, 15) is 14.9 Å². The van der Waals surface area contributed by atoms with E-state index >= 15 is 0 Å². The number of isocyanates is 1. The molecule has 1 rings (SSSR count). The molecule has 1 N–H and O–H groups in total. The van der Waals surface area contributed by atoms with Crippen molar-refractivity contribution in [3.63, 3.8) is 0 Å². The van der Waals surface area contributed by atoms with Crippen LogP contribution in [0.4, 0.5) is 5.69 Å². The van der Waals surface area contributed by atoms with E-state index in [4.69, 9.17) is 0 Å². The summed E-state index contributed by atoms with van der Waals surface area (Å²) in [5.74, 6) is 0. The lowest BCUT2D eigenvalue weighted by atomic mass is 10.0. The van der Waals surface area contributed by atoms with Crippen molar-refractivity contribution in [3.8, 4) is 0 Å². The van der Waals surface area contributed by atoms with E-state index in [0.717, 1.165) is 6.20 Å². The van der Waals surface area contributed by atoms with Crippen LogP contribution in [0.1, 0.15) is 19.5 Å². The van der Waals surface area contributed by atoms with E-state index in [0.29, 0.717) is 0 Å². The minimum absolute atomic E-state index is 0.186. The highest BCUT2D eigenvalue weighted by atomic mass is 16.6. The van der Waals surface area contributed by atoms with Gasteiger partial charge in [0.25, 0.3) is 0 Å². The molecule has 1 aromatic rings. The fourth-order valence-corrected chi connectivity index (χ4v) is 1.04. The van der Waals surface area contributed by atoms with E-state index in [-0.39, 0.29) is 11.4 Å². The number of aromatic nitrogens is 2. The molecule has 0 saturated heterocycles. The van der Waals surface area contributed by atoms with Crippen molar-refractivity contribution in [2.24, 2.45) is 4.99 Å². The Morgan fingerprint density at radius 1 is 1.71 bits per heavy atom. The summed E-state index contributed by atoms with van der Waals surface area (Å²) in [7, 11) is 0. The molecule has 0 bridgehead atoms. The van der Waals surface area contributed by atoms with E-state index in [2.05, 4.69) is 15.2 Å². The van der Waals surface area contributed by atoms with Gasteiger partial charge in [-0.2, -0.15) is 10.1 Å². The predicted molar refractivity (Wildman–Crippen MR) is 46.4 cm³/mol. The van der Waals surface area contributed by atoms with Gasteiger partial charge in [0.1, 0.15) is 17.4 Å². The highest BCUT2D eigenvalue weighted by molar-refractivity contribution is 5.41. The SMILES string of the molecule is CC(C)(N=C=O)c1[nH]ncc1[N+](=O)[O-]. The summed E-state index contributed by atoms with van der Waals surface area (Å²) in [5.41, 5.74) is -1.01. The Kier molecular flexibility index (Phi) is 2.44. The zero-order valence-corrected chi connectivity index (χ0v) is 7.64. The van der Waals surface area contributed by atoms with Crippen LogP contribution in [0.25, 0.3) is 0 Å². The Bertz CT molecular complexity index is 403. The fourth-order valence-electron chi connectivity index (χ4n) is 1.04. The number of rotatable bonds is 3. The van der Waals surface area contributed by atoms with E-state index < -0.39 is 10.5 Å². The van der Waals surface area contributed by atoms with Gasteiger partial charge in [-0.1, -0.05) is 0 Å². The van der Waals surface area contributed by atoms with Crippen LogP contribution >= 0.6 is 0 Å². The number of H-pyrrole nitrogens is 1. The number of aliphatic imine (C=N–C) groups is 1. The number of nitro groups is 1. The summed E-state index contributed by atoms with van der Waals surface area (Å²) in [6.07, 6.45) is 2.45. The topological polar surface area (TPSA) is 101 Å². The third kappa shape index (κ3) is 1.67. The normalized spacial score (nSPS) is 10.7. The highest BCUT2D eigenvalue weighted by Crippen LogP contribution is 2.29. The summed E-state index contributed by atoms with van der Waals surface area (Å²) in [4.78, 5) is 23.5. The lowest BCUT2D eigenvalue weighted by Gasteiger charge is -2.13. The summed E-state index contributed by atoms with van der Waals surface area (Å²) in [5, 5.41) is 16.5. The quantitative estimate of drug-likeness (QED) is 0.335. The van der Waals surface area contributed by atoms with Gasteiger partial charge in [0.05, 0.1) is 4.92 Å². The van der Waals surface area contributed by atoms with Crippen molar-refractivity contribution < 1.29 is 9.72 Å². The highest BCUT2D eigenvalue weighted by Gasteiger charge is 2.30.